The highest BCUT2D eigenvalue weighted by Gasteiger charge is 2.24. The molecule has 2 aromatic rings. The Labute approximate surface area is 172 Å². The second-order valence-corrected chi connectivity index (χ2v) is 8.12. The minimum atomic E-state index is -0.559. The summed E-state index contributed by atoms with van der Waals surface area (Å²) in [4.78, 5) is 27.9. The lowest BCUT2D eigenvalue weighted by Gasteiger charge is -2.21. The number of amides is 2. The van der Waals surface area contributed by atoms with Crippen LogP contribution in [0.5, 0.6) is 0 Å². The van der Waals surface area contributed by atoms with Crippen LogP contribution < -0.4 is 10.6 Å². The van der Waals surface area contributed by atoms with Gasteiger partial charge in [-0.2, -0.15) is 0 Å². The molecule has 1 atom stereocenters. The summed E-state index contributed by atoms with van der Waals surface area (Å²) < 4.78 is 0. The van der Waals surface area contributed by atoms with Crippen molar-refractivity contribution in [2.24, 2.45) is 5.92 Å². The summed E-state index contributed by atoms with van der Waals surface area (Å²) >= 11 is 1.37. The Morgan fingerprint density at radius 1 is 1.04 bits per heavy atom. The van der Waals surface area contributed by atoms with Crippen LogP contribution in [0.25, 0.3) is 0 Å². The number of carbonyl (C=O) groups is 2. The van der Waals surface area contributed by atoms with E-state index in [1.165, 1.54) is 16.9 Å². The van der Waals surface area contributed by atoms with Gasteiger partial charge in [-0.05, 0) is 41.6 Å². The van der Waals surface area contributed by atoms with E-state index < -0.39 is 6.04 Å². The Hall–Kier alpha value is -2.18. The van der Waals surface area contributed by atoms with Crippen LogP contribution in [-0.2, 0) is 17.9 Å². The minimum absolute atomic E-state index is 0.000332. The fourth-order valence-corrected chi connectivity index (χ4v) is 3.55. The third-order valence-corrected chi connectivity index (χ3v) is 5.64. The monoisotopic (exact) mass is 401 g/mol. The first-order valence-corrected chi connectivity index (χ1v) is 10.7. The summed E-state index contributed by atoms with van der Waals surface area (Å²) in [5.41, 5.74) is 2.31. The molecular formula is C22H31N3O2S. The molecule has 1 aromatic carbocycles. The van der Waals surface area contributed by atoms with E-state index in [2.05, 4.69) is 41.5 Å². The number of nitrogens with one attached hydrogen (secondary N) is 2. The standard InChI is InChI=1S/C22H31N3O2S/c1-5-25(6-2)15-18-11-9-17(10-12-18)14-23-22(27)20(16(3)4)24-21(26)19-8-7-13-28-19/h7-13,16,20H,5-6,14-15H2,1-4H3,(H,23,27)(H,24,26). The van der Waals surface area contributed by atoms with Gasteiger partial charge in [-0.1, -0.05) is 58.0 Å². The number of benzene rings is 1. The van der Waals surface area contributed by atoms with Crippen LogP contribution in [0.3, 0.4) is 0 Å². The molecule has 0 fully saturated rings. The lowest BCUT2D eigenvalue weighted by atomic mass is 10.0. The Bertz CT molecular complexity index is 738. The highest BCUT2D eigenvalue weighted by atomic mass is 32.1. The Morgan fingerprint density at radius 2 is 1.68 bits per heavy atom. The highest BCUT2D eigenvalue weighted by Crippen LogP contribution is 2.11. The van der Waals surface area contributed by atoms with Gasteiger partial charge in [0.2, 0.25) is 5.91 Å². The zero-order valence-corrected chi connectivity index (χ0v) is 18.0. The van der Waals surface area contributed by atoms with Gasteiger partial charge in [0.05, 0.1) is 4.88 Å². The first-order valence-electron chi connectivity index (χ1n) is 9.86. The fourth-order valence-electron chi connectivity index (χ4n) is 2.92. The molecule has 1 aromatic heterocycles. The molecule has 2 rings (SSSR count). The van der Waals surface area contributed by atoms with E-state index in [0.717, 1.165) is 25.2 Å². The molecule has 0 aliphatic heterocycles. The van der Waals surface area contributed by atoms with Crippen LogP contribution in [-0.4, -0.2) is 35.8 Å². The molecule has 6 heteroatoms. The molecule has 1 unspecified atom stereocenters. The topological polar surface area (TPSA) is 61.4 Å². The van der Waals surface area contributed by atoms with Crippen molar-refractivity contribution in [3.63, 3.8) is 0 Å². The maximum absolute atomic E-state index is 12.6. The summed E-state index contributed by atoms with van der Waals surface area (Å²) in [5.74, 6) is -0.364. The van der Waals surface area contributed by atoms with Crippen molar-refractivity contribution in [3.05, 3.63) is 57.8 Å². The maximum Gasteiger partial charge on any atom is 0.262 e. The third kappa shape index (κ3) is 6.46. The van der Waals surface area contributed by atoms with E-state index in [9.17, 15) is 9.59 Å². The molecule has 0 radical (unpaired) electrons. The molecule has 0 spiro atoms. The molecule has 0 aliphatic rings. The van der Waals surface area contributed by atoms with Gasteiger partial charge in [-0.25, -0.2) is 0 Å². The van der Waals surface area contributed by atoms with E-state index in [1.54, 1.807) is 6.07 Å². The van der Waals surface area contributed by atoms with Gasteiger partial charge in [0, 0.05) is 13.1 Å². The number of hydrogen-bond acceptors (Lipinski definition) is 4. The van der Waals surface area contributed by atoms with Crippen molar-refractivity contribution in [2.75, 3.05) is 13.1 Å². The average molecular weight is 402 g/mol. The molecule has 0 aliphatic carbocycles. The molecule has 152 valence electrons. The fraction of sp³-hybridized carbons (Fsp3) is 0.455. The van der Waals surface area contributed by atoms with E-state index >= 15 is 0 Å². The quantitative estimate of drug-likeness (QED) is 0.639. The molecule has 1 heterocycles. The predicted molar refractivity (Wildman–Crippen MR) is 115 cm³/mol. The van der Waals surface area contributed by atoms with Crippen LogP contribution in [0.15, 0.2) is 41.8 Å². The Kier molecular flexibility index (Phi) is 8.67. The van der Waals surface area contributed by atoms with Gasteiger partial charge < -0.3 is 10.6 Å². The van der Waals surface area contributed by atoms with Gasteiger partial charge in [-0.15, -0.1) is 11.3 Å². The zero-order chi connectivity index (χ0) is 20.5. The predicted octanol–water partition coefficient (Wildman–Crippen LogP) is 3.66. The van der Waals surface area contributed by atoms with Gasteiger partial charge in [0.25, 0.3) is 5.91 Å². The number of carbonyl (C=O) groups excluding carboxylic acids is 2. The van der Waals surface area contributed by atoms with Crippen molar-refractivity contribution < 1.29 is 9.59 Å². The van der Waals surface area contributed by atoms with E-state index in [0.29, 0.717) is 11.4 Å². The molecule has 28 heavy (non-hydrogen) atoms. The maximum atomic E-state index is 12.6. The van der Waals surface area contributed by atoms with Crippen LogP contribution in [0.1, 0.15) is 48.5 Å². The minimum Gasteiger partial charge on any atom is -0.350 e. The van der Waals surface area contributed by atoms with Crippen molar-refractivity contribution in [1.29, 1.82) is 0 Å². The molecule has 0 saturated heterocycles. The molecule has 0 saturated carbocycles. The molecule has 2 amide bonds. The van der Waals surface area contributed by atoms with Gasteiger partial charge in [0.1, 0.15) is 6.04 Å². The largest absolute Gasteiger partial charge is 0.350 e. The van der Waals surface area contributed by atoms with E-state index in [1.807, 2.05) is 37.4 Å². The van der Waals surface area contributed by atoms with Gasteiger partial charge in [-0.3, -0.25) is 14.5 Å². The van der Waals surface area contributed by atoms with E-state index in [-0.39, 0.29) is 17.7 Å². The number of hydrogen-bond donors (Lipinski definition) is 2. The Balaban J connectivity index is 1.90. The van der Waals surface area contributed by atoms with Crippen LogP contribution >= 0.6 is 11.3 Å². The number of thiophene rings is 1. The number of nitrogens with zero attached hydrogens (tertiary/aromatic N) is 1. The molecule has 0 bridgehead atoms. The molecule has 2 N–H and O–H groups in total. The highest BCUT2D eigenvalue weighted by molar-refractivity contribution is 7.12. The third-order valence-electron chi connectivity index (χ3n) is 4.77. The van der Waals surface area contributed by atoms with E-state index in [4.69, 9.17) is 0 Å². The van der Waals surface area contributed by atoms with Crippen LogP contribution in [0, 0.1) is 5.92 Å². The summed E-state index contributed by atoms with van der Waals surface area (Å²) in [5, 5.41) is 7.66. The summed E-state index contributed by atoms with van der Waals surface area (Å²) in [7, 11) is 0. The van der Waals surface area contributed by atoms with Crippen LogP contribution in [0.4, 0.5) is 0 Å². The Morgan fingerprint density at radius 3 is 2.21 bits per heavy atom. The van der Waals surface area contributed by atoms with Gasteiger partial charge >= 0.3 is 0 Å². The lowest BCUT2D eigenvalue weighted by Crippen LogP contribution is -2.49. The SMILES string of the molecule is CCN(CC)Cc1ccc(CNC(=O)C(NC(=O)c2cccs2)C(C)C)cc1. The summed E-state index contributed by atoms with van der Waals surface area (Å²) in [6, 6.07) is 11.3. The first-order chi connectivity index (χ1) is 13.4. The second kappa shape index (κ2) is 11.0. The van der Waals surface area contributed by atoms with Crippen molar-refractivity contribution in [1.82, 2.24) is 15.5 Å². The van der Waals surface area contributed by atoms with Crippen molar-refractivity contribution in [3.8, 4) is 0 Å². The smallest absolute Gasteiger partial charge is 0.262 e. The summed E-state index contributed by atoms with van der Waals surface area (Å²) in [6.45, 7) is 11.6. The zero-order valence-electron chi connectivity index (χ0n) is 17.2. The second-order valence-electron chi connectivity index (χ2n) is 7.17. The van der Waals surface area contributed by atoms with Crippen LogP contribution in [0.2, 0.25) is 0 Å². The molecule has 5 nitrogen and oxygen atoms in total. The first kappa shape index (κ1) is 22.1. The lowest BCUT2D eigenvalue weighted by molar-refractivity contribution is -0.124. The molecular weight excluding hydrogens is 370 g/mol. The average Bonchev–Trinajstić information content (AvgIpc) is 3.24. The van der Waals surface area contributed by atoms with Crippen molar-refractivity contribution >= 4 is 23.2 Å². The number of rotatable bonds is 10. The van der Waals surface area contributed by atoms with Gasteiger partial charge in [0.15, 0.2) is 0 Å². The normalized spacial score (nSPS) is 12.2. The van der Waals surface area contributed by atoms with Crippen molar-refractivity contribution in [2.45, 2.75) is 46.8 Å². The summed E-state index contributed by atoms with van der Waals surface area (Å²) in [6.07, 6.45) is 0.